The van der Waals surface area contributed by atoms with Crippen LogP contribution in [0.15, 0.2) is 0 Å². The second-order valence-corrected chi connectivity index (χ2v) is 4.73. The second-order valence-electron chi connectivity index (χ2n) is 4.73. The lowest BCUT2D eigenvalue weighted by atomic mass is 9.84. The number of rotatable bonds is 3. The van der Waals surface area contributed by atoms with Gasteiger partial charge in [-0.15, -0.1) is 0 Å². The summed E-state index contributed by atoms with van der Waals surface area (Å²) in [6, 6.07) is 0.861. The fourth-order valence-corrected chi connectivity index (χ4v) is 2.43. The van der Waals surface area contributed by atoms with Gasteiger partial charge in [0.05, 0.1) is 0 Å². The molecule has 2 unspecified atom stereocenters. The van der Waals surface area contributed by atoms with E-state index in [0.29, 0.717) is 5.41 Å². The first-order chi connectivity index (χ1) is 5.61. The molecule has 0 bridgehead atoms. The SMILES string of the molecule is CCCC1CC(C)(CC)CN1C. The van der Waals surface area contributed by atoms with E-state index < -0.39 is 0 Å². The lowest BCUT2D eigenvalue weighted by Gasteiger charge is -2.20. The highest BCUT2D eigenvalue weighted by molar-refractivity contribution is 4.90. The molecule has 0 aromatic heterocycles. The van der Waals surface area contributed by atoms with Crippen molar-refractivity contribution in [1.82, 2.24) is 4.90 Å². The molecule has 0 amide bonds. The van der Waals surface area contributed by atoms with Crippen LogP contribution in [0, 0.1) is 5.41 Å². The van der Waals surface area contributed by atoms with E-state index in [2.05, 4.69) is 32.7 Å². The fraction of sp³-hybridized carbons (Fsp3) is 1.00. The summed E-state index contributed by atoms with van der Waals surface area (Å²) in [6.45, 7) is 8.34. The third kappa shape index (κ3) is 2.01. The van der Waals surface area contributed by atoms with E-state index in [-0.39, 0.29) is 0 Å². The highest BCUT2D eigenvalue weighted by Gasteiger charge is 2.36. The molecule has 1 nitrogen and oxygen atoms in total. The average molecular weight is 169 g/mol. The monoisotopic (exact) mass is 169 g/mol. The maximum absolute atomic E-state index is 2.55. The molecule has 1 heterocycles. The molecule has 0 aliphatic carbocycles. The zero-order valence-corrected chi connectivity index (χ0v) is 9.06. The smallest absolute Gasteiger partial charge is 0.00980 e. The lowest BCUT2D eigenvalue weighted by Crippen LogP contribution is -2.25. The van der Waals surface area contributed by atoms with Gasteiger partial charge in [-0.25, -0.2) is 0 Å². The van der Waals surface area contributed by atoms with Gasteiger partial charge in [-0.05, 0) is 31.7 Å². The number of nitrogens with zero attached hydrogens (tertiary/aromatic N) is 1. The van der Waals surface area contributed by atoms with Crippen molar-refractivity contribution >= 4 is 0 Å². The molecular formula is C11H23N. The van der Waals surface area contributed by atoms with E-state index in [0.717, 1.165) is 6.04 Å². The summed E-state index contributed by atoms with van der Waals surface area (Å²) in [7, 11) is 2.28. The van der Waals surface area contributed by atoms with Crippen molar-refractivity contribution in [3.8, 4) is 0 Å². The Morgan fingerprint density at radius 2 is 2.08 bits per heavy atom. The van der Waals surface area contributed by atoms with Gasteiger partial charge in [-0.2, -0.15) is 0 Å². The predicted molar refractivity (Wildman–Crippen MR) is 54.3 cm³/mol. The van der Waals surface area contributed by atoms with Crippen LogP contribution in [0.1, 0.15) is 46.5 Å². The second kappa shape index (κ2) is 3.78. The molecule has 1 rings (SSSR count). The van der Waals surface area contributed by atoms with Gasteiger partial charge >= 0.3 is 0 Å². The van der Waals surface area contributed by atoms with E-state index in [1.165, 1.54) is 32.2 Å². The average Bonchev–Trinajstić information content (AvgIpc) is 2.30. The Morgan fingerprint density at radius 3 is 2.50 bits per heavy atom. The van der Waals surface area contributed by atoms with Crippen molar-refractivity contribution in [3.63, 3.8) is 0 Å². The quantitative estimate of drug-likeness (QED) is 0.628. The Balaban J connectivity index is 2.49. The van der Waals surface area contributed by atoms with E-state index in [1.807, 2.05) is 0 Å². The van der Waals surface area contributed by atoms with Crippen molar-refractivity contribution in [2.24, 2.45) is 5.41 Å². The van der Waals surface area contributed by atoms with Gasteiger partial charge in [0.2, 0.25) is 0 Å². The number of hydrogen-bond donors (Lipinski definition) is 0. The van der Waals surface area contributed by atoms with E-state index >= 15 is 0 Å². The van der Waals surface area contributed by atoms with Crippen LogP contribution in [-0.4, -0.2) is 24.5 Å². The molecule has 0 aromatic rings. The highest BCUT2D eigenvalue weighted by Crippen LogP contribution is 2.37. The first-order valence-electron chi connectivity index (χ1n) is 5.31. The molecule has 72 valence electrons. The Morgan fingerprint density at radius 1 is 1.42 bits per heavy atom. The van der Waals surface area contributed by atoms with Crippen molar-refractivity contribution in [2.75, 3.05) is 13.6 Å². The molecular weight excluding hydrogens is 146 g/mol. The van der Waals surface area contributed by atoms with Crippen molar-refractivity contribution in [3.05, 3.63) is 0 Å². The first-order valence-corrected chi connectivity index (χ1v) is 5.31. The predicted octanol–water partition coefficient (Wildman–Crippen LogP) is 2.91. The van der Waals surface area contributed by atoms with E-state index in [4.69, 9.17) is 0 Å². The molecule has 0 aromatic carbocycles. The Bertz CT molecular complexity index is 144. The number of likely N-dealkylation sites (tertiary alicyclic amines) is 1. The molecule has 0 radical (unpaired) electrons. The minimum atomic E-state index is 0.606. The summed E-state index contributed by atoms with van der Waals surface area (Å²) in [4.78, 5) is 2.55. The van der Waals surface area contributed by atoms with Crippen LogP contribution < -0.4 is 0 Å². The van der Waals surface area contributed by atoms with Crippen LogP contribution in [0.2, 0.25) is 0 Å². The van der Waals surface area contributed by atoms with Crippen LogP contribution in [-0.2, 0) is 0 Å². The third-order valence-corrected chi connectivity index (χ3v) is 3.46. The van der Waals surface area contributed by atoms with Crippen LogP contribution in [0.25, 0.3) is 0 Å². The molecule has 12 heavy (non-hydrogen) atoms. The van der Waals surface area contributed by atoms with Crippen LogP contribution in [0.4, 0.5) is 0 Å². The Hall–Kier alpha value is -0.0400. The van der Waals surface area contributed by atoms with Gasteiger partial charge in [-0.3, -0.25) is 0 Å². The van der Waals surface area contributed by atoms with Crippen LogP contribution in [0.3, 0.4) is 0 Å². The molecule has 0 saturated carbocycles. The van der Waals surface area contributed by atoms with E-state index in [9.17, 15) is 0 Å². The topological polar surface area (TPSA) is 3.24 Å². The van der Waals surface area contributed by atoms with Gasteiger partial charge in [-0.1, -0.05) is 27.2 Å². The molecule has 1 aliphatic heterocycles. The van der Waals surface area contributed by atoms with Crippen molar-refractivity contribution in [2.45, 2.75) is 52.5 Å². The lowest BCUT2D eigenvalue weighted by molar-refractivity contribution is 0.276. The van der Waals surface area contributed by atoms with Gasteiger partial charge in [0.15, 0.2) is 0 Å². The summed E-state index contributed by atoms with van der Waals surface area (Å²) < 4.78 is 0. The summed E-state index contributed by atoms with van der Waals surface area (Å²) in [5, 5.41) is 0. The maximum atomic E-state index is 2.55. The summed E-state index contributed by atoms with van der Waals surface area (Å²) in [5.74, 6) is 0. The van der Waals surface area contributed by atoms with Gasteiger partial charge in [0, 0.05) is 12.6 Å². The molecule has 1 fully saturated rings. The minimum Gasteiger partial charge on any atom is -0.303 e. The fourth-order valence-electron chi connectivity index (χ4n) is 2.43. The summed E-state index contributed by atoms with van der Waals surface area (Å²) in [6.07, 6.45) is 5.45. The third-order valence-electron chi connectivity index (χ3n) is 3.46. The molecule has 1 aliphatic rings. The van der Waals surface area contributed by atoms with Gasteiger partial charge in [0.1, 0.15) is 0 Å². The first kappa shape index (κ1) is 10.0. The largest absolute Gasteiger partial charge is 0.303 e. The summed E-state index contributed by atoms with van der Waals surface area (Å²) in [5.41, 5.74) is 0.606. The minimum absolute atomic E-state index is 0.606. The molecule has 0 spiro atoms. The van der Waals surface area contributed by atoms with Gasteiger partial charge < -0.3 is 4.90 Å². The Kier molecular flexibility index (Phi) is 3.16. The molecule has 0 N–H and O–H groups in total. The van der Waals surface area contributed by atoms with Crippen LogP contribution >= 0.6 is 0 Å². The van der Waals surface area contributed by atoms with Gasteiger partial charge in [0.25, 0.3) is 0 Å². The zero-order chi connectivity index (χ0) is 9.19. The highest BCUT2D eigenvalue weighted by atomic mass is 15.2. The normalized spacial score (nSPS) is 37.5. The van der Waals surface area contributed by atoms with Crippen LogP contribution in [0.5, 0.6) is 0 Å². The summed E-state index contributed by atoms with van der Waals surface area (Å²) >= 11 is 0. The molecule has 2 atom stereocenters. The van der Waals surface area contributed by atoms with E-state index in [1.54, 1.807) is 0 Å². The Labute approximate surface area is 77.1 Å². The number of hydrogen-bond acceptors (Lipinski definition) is 1. The standard InChI is InChI=1S/C11H23N/c1-5-7-10-8-11(3,6-2)9-12(10)4/h10H,5-9H2,1-4H3. The van der Waals surface area contributed by atoms with Crippen molar-refractivity contribution in [1.29, 1.82) is 0 Å². The maximum Gasteiger partial charge on any atom is 0.00980 e. The van der Waals surface area contributed by atoms with Crippen molar-refractivity contribution < 1.29 is 0 Å². The molecule has 1 heteroatoms. The zero-order valence-electron chi connectivity index (χ0n) is 9.06. The molecule has 1 saturated heterocycles.